The lowest BCUT2D eigenvalue weighted by Gasteiger charge is -2.19. The fraction of sp³-hybridized carbons (Fsp3) is 0.333. The van der Waals surface area contributed by atoms with Crippen molar-refractivity contribution in [3.05, 3.63) is 212 Å². The molecule has 0 saturated heterocycles. The van der Waals surface area contributed by atoms with Gasteiger partial charge in [0.1, 0.15) is 43.4 Å². The van der Waals surface area contributed by atoms with Crippen molar-refractivity contribution < 1.29 is 75.7 Å². The fourth-order valence-corrected chi connectivity index (χ4v) is 10.6. The van der Waals surface area contributed by atoms with E-state index in [1.54, 1.807) is 97.1 Å². The molecule has 8 rings (SSSR count). The first-order valence-corrected chi connectivity index (χ1v) is 30.5. The normalized spacial score (nSPS) is 12.6. The second-order valence-corrected chi connectivity index (χ2v) is 22.3. The number of nitrogens with zero attached hydrogens (tertiary/aromatic N) is 2. The zero-order valence-corrected chi connectivity index (χ0v) is 51.7. The van der Waals surface area contributed by atoms with Crippen LogP contribution < -0.4 is 31.9 Å². The molecule has 6 aromatic carbocycles. The second-order valence-electron chi connectivity index (χ2n) is 22.3. The molecule has 0 aromatic heterocycles. The molecule has 0 radical (unpaired) electrons. The van der Waals surface area contributed by atoms with E-state index in [-0.39, 0.29) is 101 Å². The molecule has 24 heteroatoms. The SMILES string of the molecule is COC(=O)[C@H](CCCCNC(=O)c1cc2c(cc1C(=O)NCCc1ccc(F)cc1)CN(C(=O)CC(=O)N1Cc3cc(C(=O)NCCCC[C@H](NC(=O)OCc4ccccc4)C(=O)OC)c(C(=O)NCCc4ccc(F)cc4)cc3C1)C2)NC(=O)OCc1ccccc1. The van der Waals surface area contributed by atoms with Gasteiger partial charge in [-0.15, -0.1) is 0 Å². The summed E-state index contributed by atoms with van der Waals surface area (Å²) in [6, 6.07) is 33.8. The Morgan fingerprint density at radius 2 is 0.742 bits per heavy atom. The van der Waals surface area contributed by atoms with Crippen molar-refractivity contribution in [2.24, 2.45) is 0 Å². The van der Waals surface area contributed by atoms with Crippen molar-refractivity contribution in [3.8, 4) is 0 Å². The maximum absolute atomic E-state index is 14.1. The van der Waals surface area contributed by atoms with Gasteiger partial charge in [-0.3, -0.25) is 28.8 Å². The van der Waals surface area contributed by atoms with Crippen LogP contribution in [0.25, 0.3) is 0 Å². The molecule has 2 aliphatic heterocycles. The summed E-state index contributed by atoms with van der Waals surface area (Å²) in [6.07, 6.45) is 0.296. The third-order valence-electron chi connectivity index (χ3n) is 15.7. The summed E-state index contributed by atoms with van der Waals surface area (Å²) in [4.78, 5) is 137. The molecule has 2 heterocycles. The van der Waals surface area contributed by atoms with E-state index in [2.05, 4.69) is 31.9 Å². The van der Waals surface area contributed by atoms with Crippen LogP contribution in [0, 0.1) is 11.6 Å². The van der Waals surface area contributed by atoms with E-state index in [0.29, 0.717) is 60.8 Å². The van der Waals surface area contributed by atoms with E-state index in [0.717, 1.165) is 22.3 Å². The lowest BCUT2D eigenvalue weighted by Crippen LogP contribution is -2.41. The van der Waals surface area contributed by atoms with Gasteiger partial charge in [0.05, 0.1) is 36.5 Å². The van der Waals surface area contributed by atoms with Gasteiger partial charge in [-0.25, -0.2) is 28.0 Å². The lowest BCUT2D eigenvalue weighted by atomic mass is 9.98. The second kappa shape index (κ2) is 34.1. The van der Waals surface area contributed by atoms with Crippen molar-refractivity contribution in [1.29, 1.82) is 0 Å². The first kappa shape index (κ1) is 68.4. The minimum Gasteiger partial charge on any atom is -0.467 e. The summed E-state index contributed by atoms with van der Waals surface area (Å²) in [6.45, 7) is 0.538. The first-order chi connectivity index (χ1) is 44.9. The molecule has 0 unspecified atom stereocenters. The largest absolute Gasteiger partial charge is 0.467 e. The van der Waals surface area contributed by atoms with Crippen LogP contribution in [0.2, 0.25) is 0 Å². The number of hydrogen-bond acceptors (Lipinski definition) is 14. The fourth-order valence-electron chi connectivity index (χ4n) is 10.6. The number of nitrogens with one attached hydrogen (secondary N) is 6. The summed E-state index contributed by atoms with van der Waals surface area (Å²) in [5.41, 5.74) is 5.42. The van der Waals surface area contributed by atoms with Gasteiger partial charge in [0.15, 0.2) is 0 Å². The van der Waals surface area contributed by atoms with Crippen LogP contribution in [-0.4, -0.2) is 122 Å². The number of alkyl carbamates (subject to hydrolysis) is 2. The third kappa shape index (κ3) is 20.2. The molecular formula is C69H74F2N8O14. The average molecular weight is 1280 g/mol. The molecule has 0 spiro atoms. The van der Waals surface area contributed by atoms with Crippen LogP contribution in [-0.2, 0) is 90.4 Å². The average Bonchev–Trinajstić information content (AvgIpc) is 1.71. The Morgan fingerprint density at radius 3 is 1.06 bits per heavy atom. The number of methoxy groups -OCH3 is 2. The zero-order valence-electron chi connectivity index (χ0n) is 51.7. The summed E-state index contributed by atoms with van der Waals surface area (Å²) in [7, 11) is 2.39. The number of fused-ring (bicyclic) bond motifs is 2. The van der Waals surface area contributed by atoms with Gasteiger partial charge in [-0.05, 0) is 144 Å². The van der Waals surface area contributed by atoms with Crippen LogP contribution >= 0.6 is 0 Å². The third-order valence-corrected chi connectivity index (χ3v) is 15.7. The standard InChI is InChI=1S/C69H74F2N8O14/c1-90-66(86)58(76-68(88)92-42-46-13-5-3-6-14-46)17-9-11-29-72-62(82)54-33-48-38-78(40-50(48)35-56(54)64(84)74-31-27-44-19-23-52(70)24-20-44)60(80)37-61(81)79-39-49-34-55(57(36-51(49)41-79)65(85)75-32-28-45-21-25-53(71)26-22-45)63(83)73-30-12-10-18-59(67(87)91-2)77-69(89)93-43-47-15-7-4-8-16-47/h3-8,13-16,19-26,33-36,58-59H,9-12,17-18,27-32,37-43H2,1-2H3,(H,72,82)(H,73,83)(H,74,84)(H,75,85)(H,76,88)(H,77,89)/t58-,59-/m0/s1. The summed E-state index contributed by atoms with van der Waals surface area (Å²) in [5, 5.41) is 16.4. The maximum Gasteiger partial charge on any atom is 0.408 e. The molecule has 0 bridgehead atoms. The van der Waals surface area contributed by atoms with Gasteiger partial charge >= 0.3 is 24.1 Å². The predicted octanol–water partition coefficient (Wildman–Crippen LogP) is 7.42. The quantitative estimate of drug-likeness (QED) is 0.0111. The molecule has 6 N–H and O–H groups in total. The minimum atomic E-state index is -1.03. The maximum atomic E-state index is 14.1. The van der Waals surface area contributed by atoms with E-state index in [1.807, 2.05) is 12.1 Å². The lowest BCUT2D eigenvalue weighted by molar-refractivity contribution is -0.144. The first-order valence-electron chi connectivity index (χ1n) is 30.5. The minimum absolute atomic E-state index is 0.00873. The monoisotopic (exact) mass is 1280 g/mol. The Hall–Kier alpha value is -10.5. The highest BCUT2D eigenvalue weighted by molar-refractivity contribution is 6.09. The van der Waals surface area contributed by atoms with Crippen LogP contribution in [0.4, 0.5) is 18.4 Å². The molecule has 0 saturated carbocycles. The number of carbonyl (C=O) groups is 10. The molecule has 488 valence electrons. The van der Waals surface area contributed by atoms with E-state index in [4.69, 9.17) is 18.9 Å². The number of rotatable bonds is 30. The highest BCUT2D eigenvalue weighted by Crippen LogP contribution is 2.30. The molecule has 0 fully saturated rings. The molecule has 2 atom stereocenters. The van der Waals surface area contributed by atoms with E-state index in [9.17, 15) is 56.7 Å². The number of hydrogen-bond donors (Lipinski definition) is 6. The van der Waals surface area contributed by atoms with E-state index < -0.39 is 89.7 Å². The van der Waals surface area contributed by atoms with Gasteiger partial charge in [-0.2, -0.15) is 0 Å². The van der Waals surface area contributed by atoms with Crippen molar-refractivity contribution in [2.45, 2.75) is 109 Å². The summed E-state index contributed by atoms with van der Waals surface area (Å²) in [5.74, 6) is -5.59. The predicted molar refractivity (Wildman–Crippen MR) is 334 cm³/mol. The molecule has 2 aliphatic rings. The Balaban J connectivity index is 0.886. The van der Waals surface area contributed by atoms with Gasteiger partial charge in [-0.1, -0.05) is 84.9 Å². The van der Waals surface area contributed by atoms with E-state index >= 15 is 0 Å². The molecule has 22 nitrogen and oxygen atoms in total. The number of amides is 8. The zero-order chi connectivity index (χ0) is 66.2. The van der Waals surface area contributed by atoms with E-state index in [1.165, 1.54) is 48.3 Å². The number of benzene rings is 6. The van der Waals surface area contributed by atoms with Crippen molar-refractivity contribution in [3.63, 3.8) is 0 Å². The number of unbranched alkanes of at least 4 members (excludes halogenated alkanes) is 2. The van der Waals surface area contributed by atoms with Gasteiger partial charge in [0.25, 0.3) is 23.6 Å². The van der Waals surface area contributed by atoms with Crippen molar-refractivity contribution in [2.75, 3.05) is 40.4 Å². The number of ether oxygens (including phenoxy) is 4. The number of carbonyl (C=O) groups excluding carboxylic acids is 10. The van der Waals surface area contributed by atoms with Gasteiger partial charge in [0.2, 0.25) is 11.8 Å². The molecular weight excluding hydrogens is 1200 g/mol. The number of esters is 2. The van der Waals surface area contributed by atoms with Gasteiger partial charge < -0.3 is 60.6 Å². The molecule has 8 amide bonds. The summed E-state index contributed by atoms with van der Waals surface area (Å²) < 4.78 is 47.6. The molecule has 6 aromatic rings. The van der Waals surface area contributed by atoms with Crippen molar-refractivity contribution >= 4 is 59.6 Å². The topological polar surface area (TPSA) is 286 Å². The molecule has 93 heavy (non-hydrogen) atoms. The van der Waals surface area contributed by atoms with Crippen LogP contribution in [0.3, 0.4) is 0 Å². The summed E-state index contributed by atoms with van der Waals surface area (Å²) >= 11 is 0. The Bertz CT molecular complexity index is 3420. The van der Waals surface area contributed by atoms with Crippen LogP contribution in [0.1, 0.15) is 131 Å². The highest BCUT2D eigenvalue weighted by Gasteiger charge is 2.33. The Kier molecular flexibility index (Phi) is 25.0. The van der Waals surface area contributed by atoms with Crippen molar-refractivity contribution in [1.82, 2.24) is 41.7 Å². The number of halogens is 2. The van der Waals surface area contributed by atoms with Gasteiger partial charge in [0, 0.05) is 52.4 Å². The Labute approximate surface area is 536 Å². The van der Waals surface area contributed by atoms with Crippen LogP contribution in [0.5, 0.6) is 0 Å². The molecule has 0 aliphatic carbocycles. The van der Waals surface area contributed by atoms with Crippen LogP contribution in [0.15, 0.2) is 133 Å². The smallest absolute Gasteiger partial charge is 0.408 e. The highest BCUT2D eigenvalue weighted by atomic mass is 19.1. The Morgan fingerprint density at radius 1 is 0.419 bits per heavy atom.